The molecule has 0 aliphatic heterocycles. The lowest BCUT2D eigenvalue weighted by Gasteiger charge is -2.15. The van der Waals surface area contributed by atoms with Gasteiger partial charge < -0.3 is 4.74 Å². The largest absolute Gasteiger partial charge is 0.523 e. The van der Waals surface area contributed by atoms with Crippen LogP contribution >= 0.6 is 0 Å². The zero-order valence-corrected chi connectivity index (χ0v) is 9.02. The van der Waals surface area contributed by atoms with Crippen LogP contribution < -0.4 is 0 Å². The highest BCUT2D eigenvalue weighted by molar-refractivity contribution is 7.87. The van der Waals surface area contributed by atoms with Crippen LogP contribution in [-0.2, 0) is 23.8 Å². The summed E-state index contributed by atoms with van der Waals surface area (Å²) < 4.78 is 65.6. The molecule has 0 heterocycles. The molecule has 0 unspecified atom stereocenters. The summed E-state index contributed by atoms with van der Waals surface area (Å²) >= 11 is 0. The van der Waals surface area contributed by atoms with Crippen LogP contribution in [0.1, 0.15) is 19.8 Å². The van der Waals surface area contributed by atoms with Crippen molar-refractivity contribution in [1.29, 1.82) is 0 Å². The van der Waals surface area contributed by atoms with Crippen molar-refractivity contribution in [3.05, 3.63) is 0 Å². The first-order chi connectivity index (χ1) is 7.15. The highest BCUT2D eigenvalue weighted by atomic mass is 32.2. The predicted octanol–water partition coefficient (Wildman–Crippen LogP) is 0.948. The van der Waals surface area contributed by atoms with Crippen molar-refractivity contribution in [3.63, 3.8) is 0 Å². The van der Waals surface area contributed by atoms with Gasteiger partial charge in [0.25, 0.3) is 0 Å². The summed E-state index contributed by atoms with van der Waals surface area (Å²) in [5.74, 6) is -1.08. The second kappa shape index (κ2) is 3.88. The van der Waals surface area contributed by atoms with Crippen LogP contribution in [0.25, 0.3) is 0 Å². The minimum atomic E-state index is -5.76. The second-order valence-electron chi connectivity index (χ2n) is 3.20. The van der Waals surface area contributed by atoms with E-state index in [4.69, 9.17) is 0 Å². The van der Waals surface area contributed by atoms with Crippen LogP contribution in [0.4, 0.5) is 13.2 Å². The molecular weight excluding hydrogens is 253 g/mol. The molecule has 0 saturated heterocycles. The van der Waals surface area contributed by atoms with Gasteiger partial charge >= 0.3 is 21.6 Å². The molecule has 1 aliphatic rings. The third-order valence-corrected chi connectivity index (χ3v) is 3.01. The van der Waals surface area contributed by atoms with Gasteiger partial charge in [0.1, 0.15) is 0 Å². The Balaban J connectivity index is 2.79. The average molecular weight is 262 g/mol. The number of hydrogen-bond donors (Lipinski definition) is 0. The van der Waals surface area contributed by atoms with Gasteiger partial charge in [-0.05, 0) is 19.8 Å². The third-order valence-electron chi connectivity index (χ3n) is 1.90. The van der Waals surface area contributed by atoms with Gasteiger partial charge in [-0.3, -0.25) is 0 Å². The van der Waals surface area contributed by atoms with Gasteiger partial charge in [0.15, 0.2) is 5.60 Å². The van der Waals surface area contributed by atoms with Crippen LogP contribution in [0.15, 0.2) is 0 Å². The smallest absolute Gasteiger partial charge is 0.464 e. The van der Waals surface area contributed by atoms with E-state index in [1.165, 1.54) is 6.92 Å². The molecular formula is C7H9F3O5S. The summed E-state index contributed by atoms with van der Waals surface area (Å²) in [6, 6.07) is 0. The van der Waals surface area contributed by atoms with Gasteiger partial charge in [-0.25, -0.2) is 8.98 Å². The summed E-state index contributed by atoms with van der Waals surface area (Å²) in [6.45, 7) is 1.39. The van der Waals surface area contributed by atoms with E-state index >= 15 is 0 Å². The number of carbonyl (C=O) groups excluding carboxylic acids is 1. The molecule has 0 aromatic heterocycles. The lowest BCUT2D eigenvalue weighted by atomic mass is 10.3. The third kappa shape index (κ3) is 2.46. The zero-order valence-electron chi connectivity index (χ0n) is 8.20. The van der Waals surface area contributed by atoms with Gasteiger partial charge in [0.05, 0.1) is 6.61 Å². The van der Waals surface area contributed by atoms with Crippen LogP contribution in [0.5, 0.6) is 0 Å². The minimum absolute atomic E-state index is 0.0595. The Morgan fingerprint density at radius 1 is 1.38 bits per heavy atom. The van der Waals surface area contributed by atoms with E-state index in [0.29, 0.717) is 0 Å². The molecule has 1 fully saturated rings. The van der Waals surface area contributed by atoms with Crippen molar-refractivity contribution in [2.75, 3.05) is 6.61 Å². The molecule has 1 aliphatic carbocycles. The van der Waals surface area contributed by atoms with Gasteiger partial charge in [-0.2, -0.15) is 21.6 Å². The van der Waals surface area contributed by atoms with Gasteiger partial charge in [-0.15, -0.1) is 0 Å². The van der Waals surface area contributed by atoms with Crippen LogP contribution in [0.3, 0.4) is 0 Å². The monoisotopic (exact) mass is 262 g/mol. The molecule has 0 aromatic rings. The fourth-order valence-electron chi connectivity index (χ4n) is 0.955. The Morgan fingerprint density at radius 3 is 2.19 bits per heavy atom. The molecule has 1 saturated carbocycles. The van der Waals surface area contributed by atoms with Crippen molar-refractivity contribution in [3.8, 4) is 0 Å². The predicted molar refractivity (Wildman–Crippen MR) is 44.7 cm³/mol. The van der Waals surface area contributed by atoms with E-state index in [0.717, 1.165) is 0 Å². The van der Waals surface area contributed by atoms with Crippen molar-refractivity contribution in [2.24, 2.45) is 0 Å². The number of carbonyl (C=O) groups is 1. The molecule has 0 atom stereocenters. The molecule has 0 N–H and O–H groups in total. The van der Waals surface area contributed by atoms with Crippen LogP contribution in [-0.4, -0.2) is 32.1 Å². The number of esters is 1. The molecule has 9 heteroatoms. The number of rotatable bonds is 4. The SMILES string of the molecule is CCOC(=O)C1(OS(=O)(=O)C(F)(F)F)CC1. The molecule has 0 spiro atoms. The summed E-state index contributed by atoms with van der Waals surface area (Å²) in [5.41, 5.74) is -7.50. The van der Waals surface area contributed by atoms with Crippen LogP contribution in [0, 0.1) is 0 Å². The van der Waals surface area contributed by atoms with Crippen molar-refractivity contribution in [2.45, 2.75) is 30.9 Å². The molecule has 0 radical (unpaired) electrons. The van der Waals surface area contributed by atoms with E-state index in [1.807, 2.05) is 0 Å². The Bertz CT molecular complexity index is 381. The Kier molecular flexibility index (Phi) is 3.21. The lowest BCUT2D eigenvalue weighted by molar-refractivity contribution is -0.154. The quantitative estimate of drug-likeness (QED) is 0.428. The highest BCUT2D eigenvalue weighted by Crippen LogP contribution is 2.44. The zero-order chi connectivity index (χ0) is 12.6. The van der Waals surface area contributed by atoms with Crippen LogP contribution in [0.2, 0.25) is 0 Å². The molecule has 0 aromatic carbocycles. The minimum Gasteiger partial charge on any atom is -0.464 e. The number of hydrogen-bond acceptors (Lipinski definition) is 5. The maximum absolute atomic E-state index is 12.0. The fourth-order valence-corrected chi connectivity index (χ4v) is 1.70. The molecule has 1 rings (SSSR count). The lowest BCUT2D eigenvalue weighted by Crippen LogP contribution is -2.36. The van der Waals surface area contributed by atoms with E-state index in [9.17, 15) is 26.4 Å². The van der Waals surface area contributed by atoms with E-state index in [-0.39, 0.29) is 19.4 Å². The van der Waals surface area contributed by atoms with Crippen molar-refractivity contribution in [1.82, 2.24) is 0 Å². The topological polar surface area (TPSA) is 69.7 Å². The van der Waals surface area contributed by atoms with Gasteiger partial charge in [0, 0.05) is 0 Å². The van der Waals surface area contributed by atoms with Gasteiger partial charge in [0.2, 0.25) is 0 Å². The number of alkyl halides is 3. The molecule has 0 bridgehead atoms. The first-order valence-electron chi connectivity index (χ1n) is 4.34. The molecule has 5 nitrogen and oxygen atoms in total. The fraction of sp³-hybridized carbons (Fsp3) is 0.857. The Labute approximate surface area is 89.6 Å². The summed E-state index contributed by atoms with van der Waals surface area (Å²) in [7, 11) is -5.76. The maximum atomic E-state index is 12.0. The average Bonchev–Trinajstić information content (AvgIpc) is 2.83. The maximum Gasteiger partial charge on any atom is 0.523 e. The second-order valence-corrected chi connectivity index (χ2v) is 4.74. The standard InChI is InChI=1S/C7H9F3O5S/c1-2-14-5(11)6(3-4-6)15-16(12,13)7(8,9)10/h2-4H2,1H3. The molecule has 16 heavy (non-hydrogen) atoms. The number of halogens is 3. The molecule has 94 valence electrons. The summed E-state index contributed by atoms with van der Waals surface area (Å²) in [4.78, 5) is 11.2. The van der Waals surface area contributed by atoms with E-state index in [1.54, 1.807) is 0 Å². The van der Waals surface area contributed by atoms with Crippen molar-refractivity contribution < 1.29 is 35.3 Å². The summed E-state index contributed by atoms with van der Waals surface area (Å²) in [5, 5.41) is 0. The number of ether oxygens (including phenoxy) is 1. The first-order valence-corrected chi connectivity index (χ1v) is 5.74. The van der Waals surface area contributed by atoms with E-state index in [2.05, 4.69) is 8.92 Å². The van der Waals surface area contributed by atoms with Crippen molar-refractivity contribution >= 4 is 16.1 Å². The normalized spacial score (nSPS) is 19.2. The van der Waals surface area contributed by atoms with Gasteiger partial charge in [-0.1, -0.05) is 0 Å². The Hall–Kier alpha value is -0.830. The van der Waals surface area contributed by atoms with E-state index < -0.39 is 27.2 Å². The molecule has 0 amide bonds. The summed E-state index contributed by atoms with van der Waals surface area (Å²) in [6.07, 6.45) is -0.192. The highest BCUT2D eigenvalue weighted by Gasteiger charge is 2.61. The first kappa shape index (κ1) is 13.2. The Morgan fingerprint density at radius 2 is 1.88 bits per heavy atom.